The van der Waals surface area contributed by atoms with Gasteiger partial charge < -0.3 is 10.1 Å². The van der Waals surface area contributed by atoms with Gasteiger partial charge in [0.05, 0.1) is 11.3 Å². The van der Waals surface area contributed by atoms with Gasteiger partial charge in [-0.15, -0.1) is 0 Å². The van der Waals surface area contributed by atoms with Gasteiger partial charge in [0.25, 0.3) is 5.91 Å². The van der Waals surface area contributed by atoms with Gasteiger partial charge in [0.1, 0.15) is 11.5 Å². The van der Waals surface area contributed by atoms with E-state index in [1.165, 1.54) is 0 Å². The van der Waals surface area contributed by atoms with Crippen LogP contribution in [0.3, 0.4) is 0 Å². The number of amides is 1. The number of anilines is 1. The molecule has 0 saturated carbocycles. The third kappa shape index (κ3) is 4.49. The van der Waals surface area contributed by atoms with Crippen LogP contribution in [0.1, 0.15) is 28.7 Å². The molecule has 0 spiro atoms. The zero-order valence-corrected chi connectivity index (χ0v) is 16.2. The molecule has 2 aromatic carbocycles. The second-order valence-corrected chi connectivity index (χ2v) is 6.74. The Labute approximate surface area is 161 Å². The van der Waals surface area contributed by atoms with Crippen molar-refractivity contribution in [3.8, 4) is 11.5 Å². The monoisotopic (exact) mass is 410 g/mol. The van der Waals surface area contributed by atoms with E-state index in [0.717, 1.165) is 28.0 Å². The maximum absolute atomic E-state index is 12.5. The fourth-order valence-corrected chi connectivity index (χ4v) is 2.76. The van der Waals surface area contributed by atoms with Gasteiger partial charge >= 0.3 is 0 Å². The number of hydrogen-bond acceptors (Lipinski definition) is 3. The minimum Gasteiger partial charge on any atom is -0.457 e. The lowest BCUT2D eigenvalue weighted by Gasteiger charge is -2.10. The molecule has 1 N–H and O–H groups in total. The van der Waals surface area contributed by atoms with E-state index in [1.807, 2.05) is 74.5 Å². The van der Waals surface area contributed by atoms with E-state index in [0.29, 0.717) is 17.0 Å². The van der Waals surface area contributed by atoms with Gasteiger partial charge in [-0.2, -0.15) is 0 Å². The number of ether oxygens (including phenoxy) is 1. The van der Waals surface area contributed by atoms with Crippen molar-refractivity contribution in [2.24, 2.45) is 0 Å². The predicted octanol–water partition coefficient (Wildman–Crippen LogP) is 5.76. The largest absolute Gasteiger partial charge is 0.457 e. The van der Waals surface area contributed by atoms with E-state index in [1.54, 1.807) is 0 Å². The summed E-state index contributed by atoms with van der Waals surface area (Å²) in [5.74, 6) is 1.29. The van der Waals surface area contributed by atoms with Gasteiger partial charge in [-0.25, -0.2) is 0 Å². The van der Waals surface area contributed by atoms with E-state index in [9.17, 15) is 4.79 Å². The molecule has 0 saturated heterocycles. The molecular formula is C21H19BrN2O2. The van der Waals surface area contributed by atoms with Crippen LogP contribution < -0.4 is 10.1 Å². The maximum atomic E-state index is 12.5. The Bertz CT molecular complexity index is 906. The topological polar surface area (TPSA) is 51.2 Å². The van der Waals surface area contributed by atoms with Gasteiger partial charge in [-0.05, 0) is 74.0 Å². The SMILES string of the molecule is CCc1ccc(C(=O)Nc2ccc(Oc3ccc(Br)cc3)cc2)c(C)n1. The highest BCUT2D eigenvalue weighted by atomic mass is 79.9. The van der Waals surface area contributed by atoms with Gasteiger partial charge in [0.15, 0.2) is 0 Å². The van der Waals surface area contributed by atoms with Gasteiger partial charge in [0, 0.05) is 15.9 Å². The molecule has 26 heavy (non-hydrogen) atoms. The summed E-state index contributed by atoms with van der Waals surface area (Å²) in [4.78, 5) is 16.9. The molecule has 1 heterocycles. The van der Waals surface area contributed by atoms with Crippen molar-refractivity contribution in [3.63, 3.8) is 0 Å². The summed E-state index contributed by atoms with van der Waals surface area (Å²) in [6, 6.07) is 18.6. The number of rotatable bonds is 5. The fraction of sp³-hybridized carbons (Fsp3) is 0.143. The summed E-state index contributed by atoms with van der Waals surface area (Å²) in [5.41, 5.74) is 3.00. The van der Waals surface area contributed by atoms with Gasteiger partial charge in [-0.3, -0.25) is 9.78 Å². The van der Waals surface area contributed by atoms with E-state index in [-0.39, 0.29) is 5.91 Å². The Balaban J connectivity index is 1.67. The summed E-state index contributed by atoms with van der Waals surface area (Å²) >= 11 is 3.40. The summed E-state index contributed by atoms with van der Waals surface area (Å²) < 4.78 is 6.78. The highest BCUT2D eigenvalue weighted by Gasteiger charge is 2.11. The first-order valence-electron chi connectivity index (χ1n) is 8.36. The van der Waals surface area contributed by atoms with Gasteiger partial charge in [0.2, 0.25) is 0 Å². The van der Waals surface area contributed by atoms with Crippen LogP contribution in [0.25, 0.3) is 0 Å². The Morgan fingerprint density at radius 3 is 2.19 bits per heavy atom. The molecule has 0 aliphatic heterocycles. The third-order valence-electron chi connectivity index (χ3n) is 3.91. The highest BCUT2D eigenvalue weighted by Crippen LogP contribution is 2.24. The summed E-state index contributed by atoms with van der Waals surface area (Å²) in [5, 5.41) is 2.89. The summed E-state index contributed by atoms with van der Waals surface area (Å²) in [6.45, 7) is 3.89. The number of hydrogen-bond donors (Lipinski definition) is 1. The number of benzene rings is 2. The minimum absolute atomic E-state index is 0.167. The van der Waals surface area contributed by atoms with Crippen molar-refractivity contribution in [2.45, 2.75) is 20.3 Å². The first kappa shape index (κ1) is 18.1. The van der Waals surface area contributed by atoms with Gasteiger partial charge in [-0.1, -0.05) is 22.9 Å². The summed E-state index contributed by atoms with van der Waals surface area (Å²) in [6.07, 6.45) is 0.850. The van der Waals surface area contributed by atoms with Crippen molar-refractivity contribution in [3.05, 3.63) is 82.1 Å². The van der Waals surface area contributed by atoms with Crippen LogP contribution in [-0.2, 0) is 6.42 Å². The number of nitrogens with one attached hydrogen (secondary N) is 1. The Morgan fingerprint density at radius 1 is 1.00 bits per heavy atom. The number of nitrogens with zero attached hydrogens (tertiary/aromatic N) is 1. The Morgan fingerprint density at radius 2 is 1.62 bits per heavy atom. The number of carbonyl (C=O) groups is 1. The third-order valence-corrected chi connectivity index (χ3v) is 4.44. The maximum Gasteiger partial charge on any atom is 0.257 e. The minimum atomic E-state index is -0.167. The number of aryl methyl sites for hydroxylation is 2. The van der Waals surface area contributed by atoms with Crippen molar-refractivity contribution >= 4 is 27.5 Å². The Hall–Kier alpha value is -2.66. The van der Waals surface area contributed by atoms with Crippen LogP contribution >= 0.6 is 15.9 Å². The summed E-state index contributed by atoms with van der Waals surface area (Å²) in [7, 11) is 0. The number of carbonyl (C=O) groups excluding carboxylic acids is 1. The van der Waals surface area contributed by atoms with Crippen LogP contribution in [0.15, 0.2) is 65.1 Å². The lowest BCUT2D eigenvalue weighted by Crippen LogP contribution is -2.14. The predicted molar refractivity (Wildman–Crippen MR) is 107 cm³/mol. The van der Waals surface area contributed by atoms with Crippen molar-refractivity contribution in [1.29, 1.82) is 0 Å². The molecule has 3 aromatic rings. The molecule has 0 bridgehead atoms. The van der Waals surface area contributed by atoms with E-state index < -0.39 is 0 Å². The molecule has 132 valence electrons. The quantitative estimate of drug-likeness (QED) is 0.581. The number of halogens is 1. The van der Waals surface area contributed by atoms with E-state index in [2.05, 4.69) is 26.2 Å². The normalized spacial score (nSPS) is 10.4. The standard InChI is InChI=1S/C21H19BrN2O2/c1-3-16-8-13-20(14(2)23-16)21(25)24-17-6-11-19(12-7-17)26-18-9-4-15(22)5-10-18/h4-13H,3H2,1-2H3,(H,24,25). The molecule has 1 aromatic heterocycles. The van der Waals surface area contributed by atoms with Crippen LogP contribution in [0.4, 0.5) is 5.69 Å². The van der Waals surface area contributed by atoms with Crippen molar-refractivity contribution in [2.75, 3.05) is 5.32 Å². The molecule has 0 radical (unpaired) electrons. The second kappa shape index (κ2) is 8.15. The lowest BCUT2D eigenvalue weighted by molar-refractivity contribution is 0.102. The zero-order chi connectivity index (χ0) is 18.5. The average Bonchev–Trinajstić information content (AvgIpc) is 2.65. The number of aromatic nitrogens is 1. The zero-order valence-electron chi connectivity index (χ0n) is 14.6. The first-order chi connectivity index (χ1) is 12.5. The van der Waals surface area contributed by atoms with Crippen LogP contribution in [0.2, 0.25) is 0 Å². The molecule has 1 amide bonds. The highest BCUT2D eigenvalue weighted by molar-refractivity contribution is 9.10. The molecule has 0 aliphatic carbocycles. The van der Waals surface area contributed by atoms with Crippen molar-refractivity contribution < 1.29 is 9.53 Å². The smallest absolute Gasteiger partial charge is 0.257 e. The average molecular weight is 411 g/mol. The molecule has 0 unspecified atom stereocenters. The fourth-order valence-electron chi connectivity index (χ4n) is 2.49. The van der Waals surface area contributed by atoms with Crippen molar-refractivity contribution in [1.82, 2.24) is 4.98 Å². The molecule has 0 atom stereocenters. The van der Waals surface area contributed by atoms with Crippen LogP contribution in [0.5, 0.6) is 11.5 Å². The lowest BCUT2D eigenvalue weighted by atomic mass is 10.1. The van der Waals surface area contributed by atoms with Crippen LogP contribution in [0, 0.1) is 6.92 Å². The Kier molecular flexibility index (Phi) is 5.68. The molecule has 5 heteroatoms. The molecule has 4 nitrogen and oxygen atoms in total. The molecular weight excluding hydrogens is 392 g/mol. The first-order valence-corrected chi connectivity index (χ1v) is 9.16. The molecule has 0 aliphatic rings. The van der Waals surface area contributed by atoms with E-state index in [4.69, 9.17) is 4.74 Å². The second-order valence-electron chi connectivity index (χ2n) is 5.82. The molecule has 3 rings (SSSR count). The molecule has 0 fully saturated rings. The van der Waals surface area contributed by atoms with Crippen LogP contribution in [-0.4, -0.2) is 10.9 Å². The van der Waals surface area contributed by atoms with E-state index >= 15 is 0 Å². The number of pyridine rings is 1.